The Morgan fingerprint density at radius 3 is 2.38 bits per heavy atom. The van der Waals surface area contributed by atoms with Gasteiger partial charge in [-0.3, -0.25) is 0 Å². The van der Waals surface area contributed by atoms with E-state index in [-0.39, 0.29) is 17.3 Å². The Kier molecular flexibility index (Phi) is 3.30. The lowest BCUT2D eigenvalue weighted by molar-refractivity contribution is -0.390. The first-order valence-corrected chi connectivity index (χ1v) is 5.31. The lowest BCUT2D eigenvalue weighted by atomic mass is 9.90. The summed E-state index contributed by atoms with van der Waals surface area (Å²) in [6.07, 6.45) is 0.592. The van der Waals surface area contributed by atoms with E-state index >= 15 is 0 Å². The van der Waals surface area contributed by atoms with Gasteiger partial charge in [0, 0.05) is 6.42 Å². The maximum absolute atomic E-state index is 10.8. The Bertz CT molecular complexity index is 390. The molecule has 0 aromatic carbocycles. The van der Waals surface area contributed by atoms with Crippen molar-refractivity contribution in [1.29, 1.82) is 0 Å². The number of nitrogens with zero attached hydrogens (tertiary/aromatic N) is 4. The van der Waals surface area contributed by atoms with E-state index in [9.17, 15) is 10.1 Å². The monoisotopic (exact) mass is 226 g/mol. The van der Waals surface area contributed by atoms with Crippen LogP contribution >= 0.6 is 0 Å². The first-order chi connectivity index (χ1) is 7.22. The quantitative estimate of drug-likeness (QED) is 0.585. The zero-order valence-electron chi connectivity index (χ0n) is 10.4. The summed E-state index contributed by atoms with van der Waals surface area (Å²) in [6, 6.07) is 0.0820. The van der Waals surface area contributed by atoms with E-state index < -0.39 is 4.92 Å². The van der Waals surface area contributed by atoms with Gasteiger partial charge in [-0.15, -0.1) is 0 Å². The van der Waals surface area contributed by atoms with Gasteiger partial charge in [0.05, 0.1) is 11.3 Å². The largest absolute Gasteiger partial charge is 0.413 e. The van der Waals surface area contributed by atoms with Crippen LogP contribution in [0.25, 0.3) is 0 Å². The minimum absolute atomic E-state index is 0.0287. The van der Waals surface area contributed by atoms with Crippen LogP contribution in [0.5, 0.6) is 0 Å². The van der Waals surface area contributed by atoms with Gasteiger partial charge in [0.15, 0.2) is 0 Å². The fourth-order valence-corrected chi connectivity index (χ4v) is 1.52. The molecule has 90 valence electrons. The smallest absolute Gasteiger partial charge is 0.358 e. The summed E-state index contributed by atoms with van der Waals surface area (Å²) in [5.41, 5.74) is 0.576. The van der Waals surface area contributed by atoms with Crippen LogP contribution in [0.1, 0.15) is 46.4 Å². The van der Waals surface area contributed by atoms with E-state index in [1.807, 2.05) is 34.6 Å². The van der Waals surface area contributed by atoms with Gasteiger partial charge in [0.2, 0.25) is 0 Å². The van der Waals surface area contributed by atoms with Gasteiger partial charge in [-0.1, -0.05) is 20.8 Å². The molecule has 0 atom stereocenters. The normalized spacial score (nSPS) is 12.1. The molecule has 1 heterocycles. The van der Waals surface area contributed by atoms with Crippen molar-refractivity contribution in [3.8, 4) is 0 Å². The minimum atomic E-state index is -0.465. The van der Waals surface area contributed by atoms with E-state index in [2.05, 4.69) is 10.3 Å². The van der Waals surface area contributed by atoms with Crippen molar-refractivity contribution >= 4 is 5.82 Å². The van der Waals surface area contributed by atoms with Crippen molar-refractivity contribution in [2.45, 2.75) is 47.1 Å². The lowest BCUT2D eigenvalue weighted by Crippen LogP contribution is -2.16. The summed E-state index contributed by atoms with van der Waals surface area (Å²) >= 11 is 0. The average Bonchev–Trinajstić information content (AvgIpc) is 2.44. The molecule has 0 aliphatic carbocycles. The predicted octanol–water partition coefficient (Wildman–Crippen LogP) is 2.36. The van der Waals surface area contributed by atoms with Crippen molar-refractivity contribution in [1.82, 2.24) is 15.0 Å². The minimum Gasteiger partial charge on any atom is -0.358 e. The molecule has 0 saturated heterocycles. The molecule has 0 radical (unpaired) electrons. The standard InChI is InChI=1S/C10H18N4O2/c1-7(2)13-8(6-10(3,4)5)9(11-12-13)14(15)16/h7H,6H2,1-5H3. The molecule has 0 unspecified atom stereocenters. The second kappa shape index (κ2) is 4.19. The summed E-state index contributed by atoms with van der Waals surface area (Å²) in [4.78, 5) is 10.4. The third-order valence-corrected chi connectivity index (χ3v) is 2.13. The van der Waals surface area contributed by atoms with Gasteiger partial charge in [-0.05, 0) is 24.2 Å². The first-order valence-electron chi connectivity index (χ1n) is 5.31. The molecule has 6 nitrogen and oxygen atoms in total. The highest BCUT2D eigenvalue weighted by atomic mass is 16.6. The molecule has 0 saturated carbocycles. The van der Waals surface area contributed by atoms with Crippen LogP contribution in [0.15, 0.2) is 0 Å². The summed E-state index contributed by atoms with van der Waals surface area (Å²) in [5.74, 6) is -0.122. The summed E-state index contributed by atoms with van der Waals surface area (Å²) in [7, 11) is 0. The molecule has 0 bridgehead atoms. The average molecular weight is 226 g/mol. The van der Waals surface area contributed by atoms with Crippen LogP contribution in [-0.4, -0.2) is 19.9 Å². The third-order valence-electron chi connectivity index (χ3n) is 2.13. The van der Waals surface area contributed by atoms with Crippen molar-refractivity contribution < 1.29 is 4.92 Å². The fourth-order valence-electron chi connectivity index (χ4n) is 1.52. The highest BCUT2D eigenvalue weighted by molar-refractivity contribution is 5.26. The van der Waals surface area contributed by atoms with Gasteiger partial charge in [-0.25, -0.2) is 4.68 Å². The van der Waals surface area contributed by atoms with E-state index in [0.29, 0.717) is 12.1 Å². The van der Waals surface area contributed by atoms with Crippen LogP contribution in [0.4, 0.5) is 5.82 Å². The Hall–Kier alpha value is -1.46. The van der Waals surface area contributed by atoms with E-state index in [1.165, 1.54) is 0 Å². The van der Waals surface area contributed by atoms with E-state index in [1.54, 1.807) is 4.68 Å². The van der Waals surface area contributed by atoms with Crippen molar-refractivity contribution in [2.24, 2.45) is 5.41 Å². The first kappa shape index (κ1) is 12.6. The molecule has 16 heavy (non-hydrogen) atoms. The van der Waals surface area contributed by atoms with Crippen LogP contribution < -0.4 is 0 Å². The van der Waals surface area contributed by atoms with E-state index in [0.717, 1.165) is 0 Å². The number of nitro groups is 1. The van der Waals surface area contributed by atoms with Gasteiger partial charge in [0.25, 0.3) is 0 Å². The highest BCUT2D eigenvalue weighted by Gasteiger charge is 2.28. The van der Waals surface area contributed by atoms with Crippen LogP contribution in [0.2, 0.25) is 0 Å². The number of aromatic nitrogens is 3. The number of hydrogen-bond donors (Lipinski definition) is 0. The fraction of sp³-hybridized carbons (Fsp3) is 0.800. The molecule has 0 aliphatic heterocycles. The number of hydrogen-bond acceptors (Lipinski definition) is 4. The van der Waals surface area contributed by atoms with Crippen molar-refractivity contribution in [3.05, 3.63) is 15.8 Å². The molecule has 0 spiro atoms. The number of rotatable bonds is 3. The van der Waals surface area contributed by atoms with Crippen LogP contribution in [-0.2, 0) is 6.42 Å². The predicted molar refractivity (Wildman–Crippen MR) is 60.2 cm³/mol. The van der Waals surface area contributed by atoms with Gasteiger partial charge >= 0.3 is 5.82 Å². The van der Waals surface area contributed by atoms with Gasteiger partial charge in [0.1, 0.15) is 10.8 Å². The molecule has 6 heteroatoms. The Balaban J connectivity index is 3.19. The second-order valence-corrected chi connectivity index (χ2v) is 5.39. The van der Waals surface area contributed by atoms with Crippen LogP contribution in [0, 0.1) is 15.5 Å². The van der Waals surface area contributed by atoms with Crippen molar-refractivity contribution in [2.75, 3.05) is 0 Å². The molecule has 0 fully saturated rings. The summed E-state index contributed by atoms with van der Waals surface area (Å²) in [6.45, 7) is 9.98. The van der Waals surface area contributed by atoms with Crippen molar-refractivity contribution in [3.63, 3.8) is 0 Å². The molecule has 0 amide bonds. The Morgan fingerprint density at radius 2 is 2.00 bits per heavy atom. The molecular weight excluding hydrogens is 208 g/mol. The molecule has 0 aliphatic rings. The molecule has 1 rings (SSSR count). The molecule has 1 aromatic rings. The van der Waals surface area contributed by atoms with Crippen LogP contribution in [0.3, 0.4) is 0 Å². The maximum atomic E-state index is 10.8. The topological polar surface area (TPSA) is 73.8 Å². The van der Waals surface area contributed by atoms with Gasteiger partial charge < -0.3 is 10.1 Å². The maximum Gasteiger partial charge on any atom is 0.413 e. The lowest BCUT2D eigenvalue weighted by Gasteiger charge is -2.18. The molecule has 0 N–H and O–H groups in total. The zero-order valence-corrected chi connectivity index (χ0v) is 10.4. The third kappa shape index (κ3) is 2.77. The molecule has 1 aromatic heterocycles. The summed E-state index contributed by atoms with van der Waals surface area (Å²) in [5, 5.41) is 18.3. The second-order valence-electron chi connectivity index (χ2n) is 5.39. The van der Waals surface area contributed by atoms with E-state index in [4.69, 9.17) is 0 Å². The SMILES string of the molecule is CC(C)n1nnc([N+](=O)[O-])c1CC(C)(C)C. The zero-order chi connectivity index (χ0) is 12.5. The highest BCUT2D eigenvalue weighted by Crippen LogP contribution is 2.27. The Morgan fingerprint density at radius 1 is 1.44 bits per heavy atom. The molecular formula is C10H18N4O2. The van der Waals surface area contributed by atoms with Gasteiger partial charge in [-0.2, -0.15) is 0 Å². The Labute approximate surface area is 94.8 Å². The summed E-state index contributed by atoms with van der Waals surface area (Å²) < 4.78 is 1.63.